The van der Waals surface area contributed by atoms with Crippen molar-refractivity contribution in [3.63, 3.8) is 0 Å². The molecule has 0 aliphatic carbocycles. The molecule has 2 amide bonds. The standard InChI is InChI=1S/C25H25N3O5S/c1-17-9-10-19(16-23(17)34(31,32)27-18-11-13-20(33-2)14-12-18)26-25(30)21-6-3-4-7-22(21)28-15-5-8-24(28)29/h3-4,6-7,9-14,16,27H,5,8,15H2,1-2H3,(H,26,30). The van der Waals surface area contributed by atoms with Gasteiger partial charge in [0.25, 0.3) is 15.9 Å². The van der Waals surface area contributed by atoms with Crippen molar-refractivity contribution in [3.05, 3.63) is 77.9 Å². The van der Waals surface area contributed by atoms with Crippen molar-refractivity contribution < 1.29 is 22.7 Å². The van der Waals surface area contributed by atoms with Crippen LogP contribution in [0.5, 0.6) is 5.75 Å². The number of aryl methyl sites for hydroxylation is 1. The van der Waals surface area contributed by atoms with Crippen LogP contribution in [0.4, 0.5) is 17.1 Å². The molecule has 1 aliphatic rings. The normalized spacial score (nSPS) is 13.6. The minimum absolute atomic E-state index is 0.0198. The van der Waals surface area contributed by atoms with Crippen molar-refractivity contribution in [2.45, 2.75) is 24.7 Å². The number of hydrogen-bond donors (Lipinski definition) is 2. The van der Waals surface area contributed by atoms with Crippen molar-refractivity contribution in [2.75, 3.05) is 28.6 Å². The number of nitrogens with zero attached hydrogens (tertiary/aromatic N) is 1. The van der Waals surface area contributed by atoms with Crippen LogP contribution in [0, 0.1) is 6.92 Å². The largest absolute Gasteiger partial charge is 0.497 e. The second-order valence-electron chi connectivity index (χ2n) is 7.93. The van der Waals surface area contributed by atoms with E-state index in [4.69, 9.17) is 4.74 Å². The highest BCUT2D eigenvalue weighted by Crippen LogP contribution is 2.28. The summed E-state index contributed by atoms with van der Waals surface area (Å²) in [5.74, 6) is 0.166. The van der Waals surface area contributed by atoms with Crippen LogP contribution in [0.1, 0.15) is 28.8 Å². The van der Waals surface area contributed by atoms with Gasteiger partial charge in [0.15, 0.2) is 0 Å². The molecule has 0 aromatic heterocycles. The lowest BCUT2D eigenvalue weighted by atomic mass is 10.1. The highest BCUT2D eigenvalue weighted by molar-refractivity contribution is 7.92. The molecule has 2 N–H and O–H groups in total. The van der Waals surface area contributed by atoms with Gasteiger partial charge >= 0.3 is 0 Å². The fraction of sp³-hybridized carbons (Fsp3) is 0.200. The molecule has 0 radical (unpaired) electrons. The highest BCUT2D eigenvalue weighted by atomic mass is 32.2. The lowest BCUT2D eigenvalue weighted by Gasteiger charge is -2.19. The molecule has 176 valence electrons. The Morgan fingerprint density at radius 2 is 1.71 bits per heavy atom. The molecule has 1 saturated heterocycles. The van der Waals surface area contributed by atoms with Crippen LogP contribution in [0.15, 0.2) is 71.6 Å². The van der Waals surface area contributed by atoms with E-state index in [0.717, 1.165) is 6.42 Å². The molecule has 1 heterocycles. The fourth-order valence-electron chi connectivity index (χ4n) is 3.84. The molecule has 4 rings (SSSR count). The van der Waals surface area contributed by atoms with E-state index in [-0.39, 0.29) is 10.8 Å². The third-order valence-electron chi connectivity index (χ3n) is 5.59. The Morgan fingerprint density at radius 3 is 2.38 bits per heavy atom. The van der Waals surface area contributed by atoms with E-state index >= 15 is 0 Å². The monoisotopic (exact) mass is 479 g/mol. The van der Waals surface area contributed by atoms with E-state index in [2.05, 4.69) is 10.0 Å². The third kappa shape index (κ3) is 4.89. The van der Waals surface area contributed by atoms with Crippen LogP contribution in [0.25, 0.3) is 0 Å². The van der Waals surface area contributed by atoms with Crippen LogP contribution in [0.2, 0.25) is 0 Å². The quantitative estimate of drug-likeness (QED) is 0.529. The summed E-state index contributed by atoms with van der Waals surface area (Å²) in [6.07, 6.45) is 1.20. The summed E-state index contributed by atoms with van der Waals surface area (Å²) in [7, 11) is -2.38. The average Bonchev–Trinajstić information content (AvgIpc) is 3.26. The van der Waals surface area contributed by atoms with Crippen LogP contribution < -0.4 is 19.7 Å². The molecule has 0 bridgehead atoms. The number of ether oxygens (including phenoxy) is 1. The zero-order valence-electron chi connectivity index (χ0n) is 18.9. The number of para-hydroxylation sites is 1. The van der Waals surface area contributed by atoms with Gasteiger partial charge in [-0.3, -0.25) is 14.3 Å². The number of nitrogens with one attached hydrogen (secondary N) is 2. The molecule has 0 atom stereocenters. The molecule has 1 aliphatic heterocycles. The Balaban J connectivity index is 1.58. The first kappa shape index (κ1) is 23.3. The molecule has 0 spiro atoms. The molecule has 34 heavy (non-hydrogen) atoms. The number of carbonyl (C=O) groups excluding carboxylic acids is 2. The van der Waals surface area contributed by atoms with E-state index in [1.807, 2.05) is 0 Å². The lowest BCUT2D eigenvalue weighted by molar-refractivity contribution is -0.117. The second kappa shape index (κ2) is 9.56. The molecular formula is C25H25N3O5S. The van der Waals surface area contributed by atoms with Gasteiger partial charge in [0.05, 0.1) is 23.3 Å². The van der Waals surface area contributed by atoms with Gasteiger partial charge in [-0.1, -0.05) is 18.2 Å². The Hall–Kier alpha value is -3.85. The number of amides is 2. The van der Waals surface area contributed by atoms with E-state index in [1.54, 1.807) is 72.5 Å². The number of benzene rings is 3. The van der Waals surface area contributed by atoms with Gasteiger partial charge in [0, 0.05) is 24.3 Å². The van der Waals surface area contributed by atoms with Gasteiger partial charge < -0.3 is 15.0 Å². The van der Waals surface area contributed by atoms with Crippen molar-refractivity contribution in [3.8, 4) is 5.75 Å². The first-order valence-corrected chi connectivity index (χ1v) is 12.2. The predicted octanol–water partition coefficient (Wildman–Crippen LogP) is 4.18. The number of anilines is 3. The molecule has 8 nitrogen and oxygen atoms in total. The van der Waals surface area contributed by atoms with Crippen molar-refractivity contribution in [1.82, 2.24) is 0 Å². The number of rotatable bonds is 7. The number of methoxy groups -OCH3 is 1. The molecule has 9 heteroatoms. The summed E-state index contributed by atoms with van der Waals surface area (Å²) >= 11 is 0. The maximum absolute atomic E-state index is 13.1. The van der Waals surface area contributed by atoms with E-state index in [1.165, 1.54) is 13.2 Å². The smallest absolute Gasteiger partial charge is 0.262 e. The summed E-state index contributed by atoms with van der Waals surface area (Å²) in [6, 6.07) is 18.1. The Labute approximate surface area is 198 Å². The minimum Gasteiger partial charge on any atom is -0.497 e. The van der Waals surface area contributed by atoms with Crippen LogP contribution in [0.3, 0.4) is 0 Å². The molecule has 1 fully saturated rings. The van der Waals surface area contributed by atoms with Gasteiger partial charge in [0.2, 0.25) is 5.91 Å². The molecular weight excluding hydrogens is 454 g/mol. The fourth-order valence-corrected chi connectivity index (χ4v) is 5.17. The summed E-state index contributed by atoms with van der Waals surface area (Å²) < 4.78 is 33.7. The molecule has 0 unspecified atom stereocenters. The highest BCUT2D eigenvalue weighted by Gasteiger charge is 2.26. The first-order valence-electron chi connectivity index (χ1n) is 10.8. The van der Waals surface area contributed by atoms with E-state index in [9.17, 15) is 18.0 Å². The second-order valence-corrected chi connectivity index (χ2v) is 9.59. The van der Waals surface area contributed by atoms with Gasteiger partial charge in [0.1, 0.15) is 5.75 Å². The summed E-state index contributed by atoms with van der Waals surface area (Å²) in [5, 5.41) is 2.77. The summed E-state index contributed by atoms with van der Waals surface area (Å²) in [4.78, 5) is 26.9. The zero-order valence-corrected chi connectivity index (χ0v) is 19.7. The lowest BCUT2D eigenvalue weighted by Crippen LogP contribution is -2.27. The zero-order chi connectivity index (χ0) is 24.3. The Kier molecular flexibility index (Phi) is 6.56. The third-order valence-corrected chi connectivity index (χ3v) is 7.11. The maximum atomic E-state index is 13.1. The van der Waals surface area contributed by atoms with Crippen molar-refractivity contribution in [1.29, 1.82) is 0 Å². The van der Waals surface area contributed by atoms with Crippen LogP contribution in [-0.4, -0.2) is 33.9 Å². The summed E-state index contributed by atoms with van der Waals surface area (Å²) in [6.45, 7) is 2.25. The van der Waals surface area contributed by atoms with Gasteiger partial charge in [-0.2, -0.15) is 0 Å². The first-order chi connectivity index (χ1) is 16.3. The predicted molar refractivity (Wildman–Crippen MR) is 131 cm³/mol. The Bertz CT molecular complexity index is 1340. The van der Waals surface area contributed by atoms with Gasteiger partial charge in [-0.05, 0) is 67.4 Å². The van der Waals surface area contributed by atoms with Gasteiger partial charge in [-0.15, -0.1) is 0 Å². The number of carbonyl (C=O) groups is 2. The molecule has 3 aromatic rings. The van der Waals surface area contributed by atoms with Crippen molar-refractivity contribution >= 4 is 38.9 Å². The summed E-state index contributed by atoms with van der Waals surface area (Å²) in [5.41, 5.74) is 2.14. The number of hydrogen-bond acceptors (Lipinski definition) is 5. The molecule has 0 saturated carbocycles. The molecule has 3 aromatic carbocycles. The topological polar surface area (TPSA) is 105 Å². The minimum atomic E-state index is -3.91. The van der Waals surface area contributed by atoms with E-state index < -0.39 is 15.9 Å². The number of sulfonamides is 1. The van der Waals surface area contributed by atoms with Gasteiger partial charge in [-0.25, -0.2) is 8.42 Å². The maximum Gasteiger partial charge on any atom is 0.262 e. The SMILES string of the molecule is COc1ccc(NS(=O)(=O)c2cc(NC(=O)c3ccccc3N3CCCC3=O)ccc2C)cc1. The van der Waals surface area contributed by atoms with Crippen LogP contribution in [-0.2, 0) is 14.8 Å². The Morgan fingerprint density at radius 1 is 1.00 bits per heavy atom. The van der Waals surface area contributed by atoms with Crippen LogP contribution >= 0.6 is 0 Å². The van der Waals surface area contributed by atoms with E-state index in [0.29, 0.717) is 46.9 Å². The van der Waals surface area contributed by atoms with Crippen molar-refractivity contribution in [2.24, 2.45) is 0 Å². The average molecular weight is 480 g/mol.